The minimum atomic E-state index is -0.642. The number of hydrogen-bond acceptors (Lipinski definition) is 2. The van der Waals surface area contributed by atoms with Gasteiger partial charge >= 0.3 is 11.8 Å². The van der Waals surface area contributed by atoms with Gasteiger partial charge in [0.15, 0.2) is 0 Å². The summed E-state index contributed by atoms with van der Waals surface area (Å²) in [6, 6.07) is 5.90. The Hall–Kier alpha value is -1.91. The van der Waals surface area contributed by atoms with E-state index in [1.165, 1.54) is 18.6 Å². The zero-order chi connectivity index (χ0) is 15.2. The fourth-order valence-electron chi connectivity index (χ4n) is 2.63. The number of amides is 2. The summed E-state index contributed by atoms with van der Waals surface area (Å²) in [4.78, 5) is 23.6. The van der Waals surface area contributed by atoms with Gasteiger partial charge in [0.25, 0.3) is 0 Å². The predicted octanol–water partition coefficient (Wildman–Crippen LogP) is 2.14. The summed E-state index contributed by atoms with van der Waals surface area (Å²) in [6.45, 7) is 2.31. The molecule has 0 saturated heterocycles. The lowest BCUT2D eigenvalue weighted by Gasteiger charge is -2.29. The number of rotatable bonds is 3. The molecule has 1 fully saturated rings. The fraction of sp³-hybridized carbons (Fsp3) is 0.500. The standard InChI is InChI=1S/C16H21FN2O2/c1-11-4-2-3-5-14(11)19-16(21)15(20)18-10-12-6-8-13(17)9-7-12/h6-9,11,14H,2-5,10H2,1H3,(H,18,20)(H,19,21)/t11-,14-/m1/s1. The Balaban J connectivity index is 1.79. The number of hydrogen-bond donors (Lipinski definition) is 2. The van der Waals surface area contributed by atoms with Gasteiger partial charge in [0.05, 0.1) is 0 Å². The van der Waals surface area contributed by atoms with Crippen LogP contribution in [0.3, 0.4) is 0 Å². The second-order valence-electron chi connectivity index (χ2n) is 5.65. The maximum atomic E-state index is 12.8. The van der Waals surface area contributed by atoms with Gasteiger partial charge in [-0.1, -0.05) is 31.9 Å². The van der Waals surface area contributed by atoms with E-state index in [1.54, 1.807) is 12.1 Å². The molecule has 1 saturated carbocycles. The summed E-state index contributed by atoms with van der Waals surface area (Å²) in [5.74, 6) is -1.14. The molecule has 0 spiro atoms. The Morgan fingerprint density at radius 3 is 2.48 bits per heavy atom. The van der Waals surface area contributed by atoms with Crippen LogP contribution in [0.4, 0.5) is 4.39 Å². The maximum absolute atomic E-state index is 12.8. The van der Waals surface area contributed by atoms with Crippen LogP contribution in [0.1, 0.15) is 38.2 Å². The molecule has 1 aromatic carbocycles. The summed E-state index contributed by atoms with van der Waals surface area (Å²) >= 11 is 0. The summed E-state index contributed by atoms with van der Waals surface area (Å²) in [7, 11) is 0. The Bertz CT molecular complexity index is 502. The predicted molar refractivity (Wildman–Crippen MR) is 77.8 cm³/mol. The van der Waals surface area contributed by atoms with Gasteiger partial charge in [0.2, 0.25) is 0 Å². The minimum Gasteiger partial charge on any atom is -0.345 e. The van der Waals surface area contributed by atoms with Crippen molar-refractivity contribution in [2.24, 2.45) is 5.92 Å². The number of carbonyl (C=O) groups is 2. The molecule has 2 amide bonds. The van der Waals surface area contributed by atoms with Crippen molar-refractivity contribution < 1.29 is 14.0 Å². The Labute approximate surface area is 124 Å². The molecule has 2 rings (SSSR count). The minimum absolute atomic E-state index is 0.0859. The zero-order valence-corrected chi connectivity index (χ0v) is 12.2. The highest BCUT2D eigenvalue weighted by atomic mass is 19.1. The van der Waals surface area contributed by atoms with Gasteiger partial charge in [-0.15, -0.1) is 0 Å². The molecule has 0 aromatic heterocycles. The van der Waals surface area contributed by atoms with Gasteiger partial charge in [-0.05, 0) is 36.5 Å². The monoisotopic (exact) mass is 292 g/mol. The molecule has 2 atom stereocenters. The number of halogens is 1. The summed E-state index contributed by atoms with van der Waals surface area (Å²) in [5, 5.41) is 5.35. The van der Waals surface area contributed by atoms with Gasteiger partial charge in [-0.2, -0.15) is 0 Å². The van der Waals surface area contributed by atoms with Crippen LogP contribution >= 0.6 is 0 Å². The molecule has 0 bridgehead atoms. The van der Waals surface area contributed by atoms with Crippen LogP contribution < -0.4 is 10.6 Å². The molecule has 4 nitrogen and oxygen atoms in total. The van der Waals surface area contributed by atoms with Crippen LogP contribution in [-0.4, -0.2) is 17.9 Å². The van der Waals surface area contributed by atoms with E-state index in [2.05, 4.69) is 17.6 Å². The van der Waals surface area contributed by atoms with Crippen LogP contribution in [0.5, 0.6) is 0 Å². The van der Waals surface area contributed by atoms with E-state index < -0.39 is 11.8 Å². The van der Waals surface area contributed by atoms with Crippen molar-refractivity contribution in [1.82, 2.24) is 10.6 Å². The lowest BCUT2D eigenvalue weighted by Crippen LogP contribution is -2.47. The van der Waals surface area contributed by atoms with Crippen molar-refractivity contribution in [3.8, 4) is 0 Å². The molecular weight excluding hydrogens is 271 g/mol. The smallest absolute Gasteiger partial charge is 0.309 e. The first-order valence-corrected chi connectivity index (χ1v) is 7.39. The van der Waals surface area contributed by atoms with E-state index in [-0.39, 0.29) is 18.4 Å². The lowest BCUT2D eigenvalue weighted by atomic mass is 9.86. The Kier molecular flexibility index (Phi) is 5.31. The second kappa shape index (κ2) is 7.20. The van der Waals surface area contributed by atoms with Gasteiger partial charge in [0.1, 0.15) is 5.82 Å². The topological polar surface area (TPSA) is 58.2 Å². The summed E-state index contributed by atoms with van der Waals surface area (Å²) in [6.07, 6.45) is 4.29. The van der Waals surface area contributed by atoms with Crippen molar-refractivity contribution in [3.05, 3.63) is 35.6 Å². The summed E-state index contributed by atoms with van der Waals surface area (Å²) in [5.41, 5.74) is 0.753. The average molecular weight is 292 g/mol. The molecule has 2 N–H and O–H groups in total. The molecule has 114 valence electrons. The largest absolute Gasteiger partial charge is 0.345 e. The van der Waals surface area contributed by atoms with Crippen LogP contribution in [0.2, 0.25) is 0 Å². The second-order valence-corrected chi connectivity index (χ2v) is 5.65. The fourth-order valence-corrected chi connectivity index (χ4v) is 2.63. The van der Waals surface area contributed by atoms with Gasteiger partial charge in [-0.3, -0.25) is 9.59 Å². The SMILES string of the molecule is C[C@@H]1CCCC[C@H]1NC(=O)C(=O)NCc1ccc(F)cc1. The van der Waals surface area contributed by atoms with E-state index in [1.807, 2.05) is 0 Å². The quantitative estimate of drug-likeness (QED) is 0.839. The van der Waals surface area contributed by atoms with E-state index in [9.17, 15) is 14.0 Å². The van der Waals surface area contributed by atoms with Crippen molar-refractivity contribution in [3.63, 3.8) is 0 Å². The molecule has 1 aliphatic carbocycles. The van der Waals surface area contributed by atoms with E-state index in [0.717, 1.165) is 24.8 Å². The van der Waals surface area contributed by atoms with E-state index in [4.69, 9.17) is 0 Å². The number of benzene rings is 1. The van der Waals surface area contributed by atoms with Crippen LogP contribution in [-0.2, 0) is 16.1 Å². The average Bonchev–Trinajstić information content (AvgIpc) is 2.48. The Morgan fingerprint density at radius 2 is 1.81 bits per heavy atom. The molecule has 1 aliphatic rings. The van der Waals surface area contributed by atoms with Crippen LogP contribution in [0, 0.1) is 11.7 Å². The molecule has 0 unspecified atom stereocenters. The third-order valence-electron chi connectivity index (χ3n) is 4.00. The van der Waals surface area contributed by atoms with Crippen molar-refractivity contribution in [2.45, 2.75) is 45.2 Å². The van der Waals surface area contributed by atoms with Gasteiger partial charge < -0.3 is 10.6 Å². The molecule has 0 heterocycles. The first-order valence-electron chi connectivity index (χ1n) is 7.39. The summed E-state index contributed by atoms with van der Waals surface area (Å²) < 4.78 is 12.8. The first-order chi connectivity index (χ1) is 10.1. The highest BCUT2D eigenvalue weighted by Gasteiger charge is 2.25. The van der Waals surface area contributed by atoms with Gasteiger partial charge in [-0.25, -0.2) is 4.39 Å². The van der Waals surface area contributed by atoms with E-state index >= 15 is 0 Å². The van der Waals surface area contributed by atoms with Crippen molar-refractivity contribution in [1.29, 1.82) is 0 Å². The zero-order valence-electron chi connectivity index (χ0n) is 12.2. The maximum Gasteiger partial charge on any atom is 0.309 e. The lowest BCUT2D eigenvalue weighted by molar-refractivity contribution is -0.140. The normalized spacial score (nSPS) is 21.6. The van der Waals surface area contributed by atoms with Crippen molar-refractivity contribution >= 4 is 11.8 Å². The first kappa shape index (κ1) is 15.5. The number of carbonyl (C=O) groups excluding carboxylic acids is 2. The van der Waals surface area contributed by atoms with E-state index in [0.29, 0.717) is 5.92 Å². The molecule has 1 aromatic rings. The van der Waals surface area contributed by atoms with Crippen molar-refractivity contribution in [2.75, 3.05) is 0 Å². The third kappa shape index (κ3) is 4.55. The Morgan fingerprint density at radius 1 is 1.14 bits per heavy atom. The van der Waals surface area contributed by atoms with Crippen LogP contribution in [0.15, 0.2) is 24.3 Å². The highest BCUT2D eigenvalue weighted by Crippen LogP contribution is 2.23. The molecular formula is C16H21FN2O2. The third-order valence-corrected chi connectivity index (χ3v) is 4.00. The molecule has 0 radical (unpaired) electrons. The van der Waals surface area contributed by atoms with Crippen LogP contribution in [0.25, 0.3) is 0 Å². The number of nitrogens with one attached hydrogen (secondary N) is 2. The molecule has 5 heteroatoms. The highest BCUT2D eigenvalue weighted by molar-refractivity contribution is 6.35. The molecule has 0 aliphatic heterocycles. The molecule has 21 heavy (non-hydrogen) atoms. The van der Waals surface area contributed by atoms with Gasteiger partial charge in [0, 0.05) is 12.6 Å².